The summed E-state index contributed by atoms with van der Waals surface area (Å²) in [6.45, 7) is 4.88. The number of hydrogen-bond acceptors (Lipinski definition) is 3. The van der Waals surface area contributed by atoms with Gasteiger partial charge in [0, 0.05) is 30.4 Å². The second kappa shape index (κ2) is 5.53. The molecule has 2 heterocycles. The molecule has 1 aromatic heterocycles. The van der Waals surface area contributed by atoms with Crippen molar-refractivity contribution in [3.8, 4) is 5.69 Å². The van der Waals surface area contributed by atoms with Crippen LogP contribution in [0, 0.1) is 19.7 Å². The zero-order chi connectivity index (χ0) is 15.9. The van der Waals surface area contributed by atoms with Gasteiger partial charge in [0.2, 0.25) is 0 Å². The Hall–Kier alpha value is -2.21. The summed E-state index contributed by atoms with van der Waals surface area (Å²) < 4.78 is 15.9. The third kappa shape index (κ3) is 2.62. The molecule has 3 rings (SSSR count). The Morgan fingerprint density at radius 1 is 1.36 bits per heavy atom. The van der Waals surface area contributed by atoms with E-state index in [9.17, 15) is 9.18 Å². The lowest BCUT2D eigenvalue weighted by Gasteiger charge is -2.16. The minimum atomic E-state index is -0.458. The first kappa shape index (κ1) is 14.7. The van der Waals surface area contributed by atoms with Crippen LogP contribution in [0.4, 0.5) is 4.39 Å². The minimum absolute atomic E-state index is 0.0165. The maximum Gasteiger partial charge on any atom is 0.254 e. The molecule has 0 spiro atoms. The van der Waals surface area contributed by atoms with Crippen molar-refractivity contribution in [2.24, 2.45) is 5.73 Å². The van der Waals surface area contributed by atoms with E-state index in [2.05, 4.69) is 5.10 Å². The SMILES string of the molecule is Cc1cc(C)n(-c2ccc(C(=O)N3CCC(N)C3)cc2F)n1. The van der Waals surface area contributed by atoms with Crippen LogP contribution in [0.3, 0.4) is 0 Å². The highest BCUT2D eigenvalue weighted by molar-refractivity contribution is 5.94. The number of nitrogens with zero attached hydrogens (tertiary/aromatic N) is 3. The van der Waals surface area contributed by atoms with Gasteiger partial charge in [-0.25, -0.2) is 9.07 Å². The number of benzene rings is 1. The van der Waals surface area contributed by atoms with E-state index in [1.807, 2.05) is 19.9 Å². The average molecular weight is 302 g/mol. The Morgan fingerprint density at radius 2 is 2.14 bits per heavy atom. The number of likely N-dealkylation sites (tertiary alicyclic amines) is 1. The van der Waals surface area contributed by atoms with E-state index in [1.54, 1.807) is 21.7 Å². The standard InChI is InChI=1S/C16H19FN4O/c1-10-7-11(2)21(19-10)15-4-3-12(8-14(15)17)16(22)20-6-5-13(18)9-20/h3-4,7-8,13H,5-6,9,18H2,1-2H3. The van der Waals surface area contributed by atoms with Crippen LogP contribution in [0.1, 0.15) is 28.2 Å². The Kier molecular flexibility index (Phi) is 3.70. The average Bonchev–Trinajstić information content (AvgIpc) is 3.04. The van der Waals surface area contributed by atoms with E-state index in [0.717, 1.165) is 17.8 Å². The van der Waals surface area contributed by atoms with Crippen LogP contribution in [0.2, 0.25) is 0 Å². The number of rotatable bonds is 2. The van der Waals surface area contributed by atoms with Crippen molar-refractivity contribution in [3.05, 3.63) is 47.0 Å². The molecule has 0 aliphatic carbocycles. The van der Waals surface area contributed by atoms with Crippen LogP contribution in [0.15, 0.2) is 24.3 Å². The summed E-state index contributed by atoms with van der Waals surface area (Å²) in [4.78, 5) is 14.0. The van der Waals surface area contributed by atoms with E-state index in [-0.39, 0.29) is 11.9 Å². The molecule has 1 amide bonds. The molecule has 1 aromatic carbocycles. The maximum atomic E-state index is 14.4. The quantitative estimate of drug-likeness (QED) is 0.920. The zero-order valence-corrected chi connectivity index (χ0v) is 12.7. The van der Waals surface area contributed by atoms with Crippen LogP contribution in [0.25, 0.3) is 5.69 Å². The topological polar surface area (TPSA) is 64.2 Å². The molecule has 22 heavy (non-hydrogen) atoms. The van der Waals surface area contributed by atoms with Gasteiger partial charge < -0.3 is 10.6 Å². The van der Waals surface area contributed by atoms with Gasteiger partial charge in [0.05, 0.1) is 5.69 Å². The van der Waals surface area contributed by atoms with E-state index >= 15 is 0 Å². The maximum absolute atomic E-state index is 14.4. The summed E-state index contributed by atoms with van der Waals surface area (Å²) in [6, 6.07) is 6.41. The summed E-state index contributed by atoms with van der Waals surface area (Å²) in [7, 11) is 0. The second-order valence-electron chi connectivity index (χ2n) is 5.81. The number of aromatic nitrogens is 2. The van der Waals surface area contributed by atoms with Gasteiger partial charge in [0.15, 0.2) is 0 Å². The third-order valence-electron chi connectivity index (χ3n) is 3.94. The van der Waals surface area contributed by atoms with E-state index in [4.69, 9.17) is 5.73 Å². The van der Waals surface area contributed by atoms with Crippen molar-refractivity contribution in [3.63, 3.8) is 0 Å². The minimum Gasteiger partial charge on any atom is -0.337 e. The highest BCUT2D eigenvalue weighted by atomic mass is 19.1. The number of aryl methyl sites for hydroxylation is 2. The van der Waals surface area contributed by atoms with Crippen LogP contribution in [0.5, 0.6) is 0 Å². The van der Waals surface area contributed by atoms with E-state index < -0.39 is 5.82 Å². The molecule has 6 heteroatoms. The van der Waals surface area contributed by atoms with Crippen molar-refractivity contribution in [2.45, 2.75) is 26.3 Å². The third-order valence-corrected chi connectivity index (χ3v) is 3.94. The molecule has 0 radical (unpaired) electrons. The number of hydrogen-bond donors (Lipinski definition) is 1. The normalized spacial score (nSPS) is 18.0. The molecule has 1 saturated heterocycles. The Bertz CT molecular complexity index is 725. The molecular weight excluding hydrogens is 283 g/mol. The number of carbonyl (C=O) groups is 1. The molecule has 1 aliphatic heterocycles. The summed E-state index contributed by atoms with van der Waals surface area (Å²) in [5, 5.41) is 4.27. The van der Waals surface area contributed by atoms with Gasteiger partial charge in [-0.1, -0.05) is 0 Å². The number of carbonyl (C=O) groups excluding carboxylic acids is 1. The first-order chi connectivity index (χ1) is 10.5. The number of nitrogens with two attached hydrogens (primary N) is 1. The lowest BCUT2D eigenvalue weighted by Crippen LogP contribution is -2.31. The fourth-order valence-electron chi connectivity index (χ4n) is 2.84. The largest absolute Gasteiger partial charge is 0.337 e. The van der Waals surface area contributed by atoms with Gasteiger partial charge >= 0.3 is 0 Å². The molecule has 1 unspecified atom stereocenters. The summed E-state index contributed by atoms with van der Waals surface area (Å²) in [6.07, 6.45) is 0.790. The first-order valence-electron chi connectivity index (χ1n) is 7.34. The summed E-state index contributed by atoms with van der Waals surface area (Å²) in [5.41, 5.74) is 8.17. The Balaban J connectivity index is 1.89. The predicted octanol–water partition coefficient (Wildman–Crippen LogP) is 1.80. The van der Waals surface area contributed by atoms with Crippen molar-refractivity contribution in [1.29, 1.82) is 0 Å². The van der Waals surface area contributed by atoms with Crippen LogP contribution in [-0.4, -0.2) is 39.7 Å². The van der Waals surface area contributed by atoms with Crippen molar-refractivity contribution in [2.75, 3.05) is 13.1 Å². The summed E-state index contributed by atoms with van der Waals surface area (Å²) >= 11 is 0. The van der Waals surface area contributed by atoms with Gasteiger partial charge in [0.25, 0.3) is 5.91 Å². The highest BCUT2D eigenvalue weighted by Crippen LogP contribution is 2.19. The van der Waals surface area contributed by atoms with Crippen molar-refractivity contribution >= 4 is 5.91 Å². The highest BCUT2D eigenvalue weighted by Gasteiger charge is 2.25. The lowest BCUT2D eigenvalue weighted by molar-refractivity contribution is 0.0790. The van der Waals surface area contributed by atoms with Crippen LogP contribution >= 0.6 is 0 Å². The van der Waals surface area contributed by atoms with Crippen molar-refractivity contribution in [1.82, 2.24) is 14.7 Å². The van der Waals surface area contributed by atoms with Gasteiger partial charge in [-0.2, -0.15) is 5.10 Å². The van der Waals surface area contributed by atoms with Gasteiger partial charge in [-0.05, 0) is 44.5 Å². The predicted molar refractivity (Wildman–Crippen MR) is 81.5 cm³/mol. The molecule has 1 atom stereocenters. The van der Waals surface area contributed by atoms with Gasteiger partial charge in [0.1, 0.15) is 11.5 Å². The number of halogens is 1. The van der Waals surface area contributed by atoms with E-state index in [0.29, 0.717) is 24.3 Å². The second-order valence-corrected chi connectivity index (χ2v) is 5.81. The molecule has 0 bridgehead atoms. The Labute approximate surface area is 128 Å². The fraction of sp³-hybridized carbons (Fsp3) is 0.375. The molecule has 0 saturated carbocycles. The molecule has 2 aromatic rings. The monoisotopic (exact) mass is 302 g/mol. The van der Waals surface area contributed by atoms with E-state index in [1.165, 1.54) is 6.07 Å². The van der Waals surface area contributed by atoms with Crippen molar-refractivity contribution < 1.29 is 9.18 Å². The van der Waals surface area contributed by atoms with Gasteiger partial charge in [-0.3, -0.25) is 4.79 Å². The molecule has 1 fully saturated rings. The fourth-order valence-corrected chi connectivity index (χ4v) is 2.84. The smallest absolute Gasteiger partial charge is 0.254 e. The Morgan fingerprint density at radius 3 is 2.68 bits per heavy atom. The molecule has 1 aliphatic rings. The number of amides is 1. The zero-order valence-electron chi connectivity index (χ0n) is 12.7. The first-order valence-corrected chi connectivity index (χ1v) is 7.34. The molecule has 2 N–H and O–H groups in total. The van der Waals surface area contributed by atoms with Crippen LogP contribution < -0.4 is 5.73 Å². The summed E-state index contributed by atoms with van der Waals surface area (Å²) in [5.74, 6) is -0.632. The molecule has 116 valence electrons. The van der Waals surface area contributed by atoms with Crippen LogP contribution in [-0.2, 0) is 0 Å². The lowest BCUT2D eigenvalue weighted by atomic mass is 10.1. The molecule has 5 nitrogen and oxygen atoms in total. The van der Waals surface area contributed by atoms with Gasteiger partial charge in [-0.15, -0.1) is 0 Å². The molecular formula is C16H19FN4O.